The Kier molecular flexibility index (Phi) is 3.56. The van der Waals surface area contributed by atoms with Crippen molar-refractivity contribution in [1.29, 1.82) is 0 Å². The molecule has 15 heavy (non-hydrogen) atoms. The van der Waals surface area contributed by atoms with E-state index in [1.807, 2.05) is 19.0 Å². The van der Waals surface area contributed by atoms with Crippen LogP contribution in [0.15, 0.2) is 23.1 Å². The van der Waals surface area contributed by atoms with Gasteiger partial charge in [-0.1, -0.05) is 0 Å². The average Bonchev–Trinajstić information content (AvgIpc) is 2.16. The summed E-state index contributed by atoms with van der Waals surface area (Å²) < 4.78 is 1.35. The summed E-state index contributed by atoms with van der Waals surface area (Å²) in [5.74, 6) is 0. The first-order valence-electron chi connectivity index (χ1n) is 4.50. The first-order valence-corrected chi connectivity index (χ1v) is 4.50. The molecular formula is C9H13N3O3. The monoisotopic (exact) mass is 211 g/mol. The molecule has 0 bridgehead atoms. The van der Waals surface area contributed by atoms with Crippen LogP contribution >= 0.6 is 0 Å². The summed E-state index contributed by atoms with van der Waals surface area (Å²) in [6.07, 6.45) is 1.27. The number of rotatable bonds is 4. The molecule has 0 saturated carbocycles. The van der Waals surface area contributed by atoms with Gasteiger partial charge in [-0.05, 0) is 14.1 Å². The number of likely N-dealkylation sites (N-methyl/N-ethyl adjacent to an activating group) is 1. The summed E-state index contributed by atoms with van der Waals surface area (Å²) in [4.78, 5) is 23.2. The van der Waals surface area contributed by atoms with Crippen LogP contribution in [0.1, 0.15) is 0 Å². The summed E-state index contributed by atoms with van der Waals surface area (Å²) in [6, 6.07) is 2.43. The fourth-order valence-corrected chi connectivity index (χ4v) is 1.11. The van der Waals surface area contributed by atoms with Gasteiger partial charge >= 0.3 is 0 Å². The Morgan fingerprint density at radius 3 is 2.67 bits per heavy atom. The maximum absolute atomic E-state index is 11.3. The predicted molar refractivity (Wildman–Crippen MR) is 55.9 cm³/mol. The van der Waals surface area contributed by atoms with Crippen molar-refractivity contribution in [1.82, 2.24) is 9.47 Å². The molecule has 0 fully saturated rings. The zero-order valence-corrected chi connectivity index (χ0v) is 8.71. The van der Waals surface area contributed by atoms with Crippen LogP contribution in [0.3, 0.4) is 0 Å². The molecule has 1 rings (SSSR count). The Labute approximate surface area is 86.9 Å². The molecule has 0 aliphatic heterocycles. The number of nitro groups is 1. The van der Waals surface area contributed by atoms with Crippen LogP contribution in [0.5, 0.6) is 0 Å². The summed E-state index contributed by atoms with van der Waals surface area (Å²) in [7, 11) is 3.75. The van der Waals surface area contributed by atoms with Gasteiger partial charge in [-0.3, -0.25) is 14.9 Å². The first kappa shape index (κ1) is 11.4. The van der Waals surface area contributed by atoms with Gasteiger partial charge < -0.3 is 9.47 Å². The van der Waals surface area contributed by atoms with Gasteiger partial charge in [0.25, 0.3) is 11.2 Å². The smallest absolute Gasteiger partial charge is 0.285 e. The number of hydrogen-bond acceptors (Lipinski definition) is 4. The van der Waals surface area contributed by atoms with Crippen LogP contribution in [0.4, 0.5) is 5.69 Å². The summed E-state index contributed by atoms with van der Waals surface area (Å²) in [5.41, 5.74) is -0.282. The molecule has 0 spiro atoms. The highest BCUT2D eigenvalue weighted by molar-refractivity contribution is 5.24. The molecular weight excluding hydrogens is 198 g/mol. The molecule has 0 unspecified atom stereocenters. The van der Waals surface area contributed by atoms with E-state index < -0.39 is 4.92 Å². The second kappa shape index (κ2) is 4.70. The fraction of sp³-hybridized carbons (Fsp3) is 0.444. The van der Waals surface area contributed by atoms with Gasteiger partial charge in [0, 0.05) is 25.2 Å². The van der Waals surface area contributed by atoms with E-state index in [0.29, 0.717) is 13.1 Å². The van der Waals surface area contributed by atoms with Gasteiger partial charge in [-0.2, -0.15) is 0 Å². The van der Waals surface area contributed by atoms with Crippen molar-refractivity contribution in [2.24, 2.45) is 0 Å². The largest absolute Gasteiger partial charge is 0.308 e. The third-order valence-electron chi connectivity index (χ3n) is 1.97. The number of nitrogens with zero attached hydrogens (tertiary/aromatic N) is 3. The van der Waals surface area contributed by atoms with Crippen molar-refractivity contribution < 1.29 is 4.92 Å². The Balaban J connectivity index is 2.91. The molecule has 1 heterocycles. The third kappa shape index (κ3) is 3.17. The van der Waals surface area contributed by atoms with Gasteiger partial charge in [0.1, 0.15) is 0 Å². The SMILES string of the molecule is CN(C)CCn1cc([N+](=O)[O-])ccc1=O. The Hall–Kier alpha value is -1.69. The summed E-state index contributed by atoms with van der Waals surface area (Å²) in [5, 5.41) is 10.5. The molecule has 0 aliphatic carbocycles. The second-order valence-corrected chi connectivity index (χ2v) is 3.48. The molecule has 0 N–H and O–H groups in total. The minimum absolute atomic E-state index is 0.0617. The highest BCUT2D eigenvalue weighted by Crippen LogP contribution is 2.05. The van der Waals surface area contributed by atoms with E-state index in [4.69, 9.17) is 0 Å². The van der Waals surface area contributed by atoms with Crippen LogP contribution in [0.25, 0.3) is 0 Å². The van der Waals surface area contributed by atoms with Crippen LogP contribution in [-0.4, -0.2) is 35.0 Å². The summed E-state index contributed by atoms with van der Waals surface area (Å²) >= 11 is 0. The Bertz CT molecular complexity index is 411. The Morgan fingerprint density at radius 1 is 1.47 bits per heavy atom. The summed E-state index contributed by atoms with van der Waals surface area (Å²) in [6.45, 7) is 1.12. The van der Waals surface area contributed by atoms with E-state index >= 15 is 0 Å². The van der Waals surface area contributed by atoms with Crippen molar-refractivity contribution >= 4 is 5.69 Å². The molecule has 0 amide bonds. The maximum Gasteiger partial charge on any atom is 0.285 e. The molecule has 1 aromatic heterocycles. The van der Waals surface area contributed by atoms with Gasteiger partial charge in [-0.15, -0.1) is 0 Å². The molecule has 0 aliphatic rings. The van der Waals surface area contributed by atoms with Gasteiger partial charge in [0.2, 0.25) is 0 Å². The quantitative estimate of drug-likeness (QED) is 0.531. The number of hydrogen-bond donors (Lipinski definition) is 0. The number of aromatic nitrogens is 1. The van der Waals surface area contributed by atoms with Crippen molar-refractivity contribution in [3.8, 4) is 0 Å². The highest BCUT2D eigenvalue weighted by atomic mass is 16.6. The van der Waals surface area contributed by atoms with Crippen LogP contribution in [-0.2, 0) is 6.54 Å². The van der Waals surface area contributed by atoms with E-state index in [2.05, 4.69) is 0 Å². The van der Waals surface area contributed by atoms with Gasteiger partial charge in [0.05, 0.1) is 11.1 Å². The maximum atomic E-state index is 11.3. The molecule has 0 aromatic carbocycles. The molecule has 0 radical (unpaired) electrons. The van der Waals surface area contributed by atoms with Crippen molar-refractivity contribution in [3.05, 3.63) is 38.8 Å². The number of pyridine rings is 1. The highest BCUT2D eigenvalue weighted by Gasteiger charge is 2.07. The molecule has 6 nitrogen and oxygen atoms in total. The molecule has 82 valence electrons. The fourth-order valence-electron chi connectivity index (χ4n) is 1.11. The van der Waals surface area contributed by atoms with Gasteiger partial charge in [0.15, 0.2) is 0 Å². The van der Waals surface area contributed by atoms with E-state index in [1.165, 1.54) is 22.9 Å². The minimum atomic E-state index is -0.508. The van der Waals surface area contributed by atoms with E-state index in [1.54, 1.807) is 0 Å². The lowest BCUT2D eigenvalue weighted by atomic mass is 10.4. The zero-order valence-electron chi connectivity index (χ0n) is 8.71. The Morgan fingerprint density at radius 2 is 2.13 bits per heavy atom. The van der Waals surface area contributed by atoms with E-state index in [0.717, 1.165) is 0 Å². The molecule has 0 atom stereocenters. The van der Waals surface area contributed by atoms with Crippen molar-refractivity contribution in [3.63, 3.8) is 0 Å². The van der Waals surface area contributed by atoms with Crippen LogP contribution < -0.4 is 5.56 Å². The van der Waals surface area contributed by atoms with E-state index in [9.17, 15) is 14.9 Å². The predicted octanol–water partition coefficient (Wildman–Crippen LogP) is 0.318. The molecule has 6 heteroatoms. The molecule has 1 aromatic rings. The zero-order chi connectivity index (χ0) is 11.4. The standard InChI is InChI=1S/C9H13N3O3/c1-10(2)5-6-11-7-8(12(14)15)3-4-9(11)13/h3-4,7H,5-6H2,1-2H3. The average molecular weight is 211 g/mol. The lowest BCUT2D eigenvalue weighted by Gasteiger charge is -2.10. The normalized spacial score (nSPS) is 10.6. The third-order valence-corrected chi connectivity index (χ3v) is 1.97. The van der Waals surface area contributed by atoms with E-state index in [-0.39, 0.29) is 11.2 Å². The first-order chi connectivity index (χ1) is 7.00. The van der Waals surface area contributed by atoms with Gasteiger partial charge in [-0.25, -0.2) is 0 Å². The van der Waals surface area contributed by atoms with Crippen molar-refractivity contribution in [2.75, 3.05) is 20.6 Å². The lowest BCUT2D eigenvalue weighted by Crippen LogP contribution is -2.25. The second-order valence-electron chi connectivity index (χ2n) is 3.48. The van der Waals surface area contributed by atoms with Crippen LogP contribution in [0, 0.1) is 10.1 Å². The van der Waals surface area contributed by atoms with Crippen LogP contribution in [0.2, 0.25) is 0 Å². The van der Waals surface area contributed by atoms with Crippen molar-refractivity contribution in [2.45, 2.75) is 6.54 Å². The lowest BCUT2D eigenvalue weighted by molar-refractivity contribution is -0.385. The molecule has 0 saturated heterocycles. The minimum Gasteiger partial charge on any atom is -0.308 e. The topological polar surface area (TPSA) is 68.4 Å².